The Balaban J connectivity index is 2.21. The lowest BCUT2D eigenvalue weighted by Crippen LogP contribution is -2.42. The molecule has 0 radical (unpaired) electrons. The first-order valence-corrected chi connectivity index (χ1v) is 8.67. The predicted octanol–water partition coefficient (Wildman–Crippen LogP) is 6.04. The highest BCUT2D eigenvalue weighted by Gasteiger charge is 2.33. The molecule has 0 saturated carbocycles. The summed E-state index contributed by atoms with van der Waals surface area (Å²) < 4.78 is 5.71. The molecule has 3 rings (SSSR count). The Bertz CT molecular complexity index is 802. The molecule has 2 aromatic carbocycles. The molecule has 2 nitrogen and oxygen atoms in total. The summed E-state index contributed by atoms with van der Waals surface area (Å²) in [6, 6.07) is 13.1. The Labute approximate surface area is 145 Å². The molecular weight excluding hydrogens is 294 g/mol. The van der Waals surface area contributed by atoms with E-state index in [-0.39, 0.29) is 5.54 Å². The van der Waals surface area contributed by atoms with E-state index in [9.17, 15) is 0 Å². The molecule has 1 aliphatic heterocycles. The van der Waals surface area contributed by atoms with Crippen LogP contribution in [-0.4, -0.2) is 12.1 Å². The smallest absolute Gasteiger partial charge is 0.120 e. The van der Waals surface area contributed by atoms with E-state index in [0.717, 1.165) is 5.75 Å². The van der Waals surface area contributed by atoms with Crippen molar-refractivity contribution < 1.29 is 4.74 Å². The number of ether oxygens (including phenoxy) is 1. The number of hydrogen-bond donors (Lipinski definition) is 0. The van der Waals surface area contributed by atoms with Crippen molar-refractivity contribution in [3.63, 3.8) is 0 Å². The van der Waals surface area contributed by atoms with Gasteiger partial charge < -0.3 is 9.64 Å². The minimum atomic E-state index is -0.0806. The van der Waals surface area contributed by atoms with Gasteiger partial charge in [-0.25, -0.2) is 0 Å². The second-order valence-corrected chi connectivity index (χ2v) is 7.22. The minimum Gasteiger partial charge on any atom is -0.494 e. The molecule has 126 valence electrons. The number of allylic oxidation sites excluding steroid dienone is 1. The summed E-state index contributed by atoms with van der Waals surface area (Å²) in [4.78, 5) is 2.45. The van der Waals surface area contributed by atoms with Crippen molar-refractivity contribution in [2.24, 2.45) is 0 Å². The zero-order valence-electron chi connectivity index (χ0n) is 15.6. The number of rotatable bonds is 3. The SMILES string of the molecule is CCOc1ccc2c(c1)C(C)=CC(C)(C)N2c1cc(C)ccc1C. The van der Waals surface area contributed by atoms with Gasteiger partial charge in [-0.2, -0.15) is 0 Å². The molecule has 0 unspecified atom stereocenters. The molecule has 0 saturated heterocycles. The second kappa shape index (κ2) is 6.01. The van der Waals surface area contributed by atoms with Gasteiger partial charge in [0.1, 0.15) is 5.75 Å². The minimum absolute atomic E-state index is 0.0806. The monoisotopic (exact) mass is 321 g/mol. The quantitative estimate of drug-likeness (QED) is 0.683. The third-order valence-electron chi connectivity index (χ3n) is 4.70. The Morgan fingerprint density at radius 1 is 0.958 bits per heavy atom. The van der Waals surface area contributed by atoms with Crippen molar-refractivity contribution in [3.05, 3.63) is 59.2 Å². The molecular formula is C22H27NO. The molecule has 0 aromatic heterocycles. The Kier molecular flexibility index (Phi) is 4.16. The molecule has 0 aliphatic carbocycles. The Hall–Kier alpha value is -2.22. The number of benzene rings is 2. The van der Waals surface area contributed by atoms with Crippen LogP contribution >= 0.6 is 0 Å². The third-order valence-corrected chi connectivity index (χ3v) is 4.70. The maximum Gasteiger partial charge on any atom is 0.120 e. The fraction of sp³-hybridized carbons (Fsp3) is 0.364. The summed E-state index contributed by atoms with van der Waals surface area (Å²) in [6.07, 6.45) is 2.35. The van der Waals surface area contributed by atoms with Gasteiger partial charge in [0.2, 0.25) is 0 Å². The van der Waals surface area contributed by atoms with Crippen LogP contribution in [0.2, 0.25) is 0 Å². The molecule has 0 bridgehead atoms. The average molecular weight is 321 g/mol. The molecule has 1 heterocycles. The number of aryl methyl sites for hydroxylation is 2. The Morgan fingerprint density at radius 2 is 1.71 bits per heavy atom. The lowest BCUT2D eigenvalue weighted by atomic mass is 9.87. The summed E-state index contributed by atoms with van der Waals surface area (Å²) in [5.74, 6) is 0.935. The van der Waals surface area contributed by atoms with Crippen LogP contribution in [0, 0.1) is 13.8 Å². The average Bonchev–Trinajstić information content (AvgIpc) is 2.51. The number of anilines is 2. The molecule has 0 amide bonds. The normalized spacial score (nSPS) is 15.8. The van der Waals surface area contributed by atoms with Gasteiger partial charge in [0, 0.05) is 16.9 Å². The fourth-order valence-electron chi connectivity index (χ4n) is 3.67. The molecule has 0 spiro atoms. The fourth-order valence-corrected chi connectivity index (χ4v) is 3.67. The maximum absolute atomic E-state index is 5.71. The van der Waals surface area contributed by atoms with Crippen molar-refractivity contribution in [2.75, 3.05) is 11.5 Å². The molecule has 2 aromatic rings. The van der Waals surface area contributed by atoms with Crippen molar-refractivity contribution in [3.8, 4) is 5.75 Å². The van der Waals surface area contributed by atoms with Crippen LogP contribution in [0.3, 0.4) is 0 Å². The van der Waals surface area contributed by atoms with Gasteiger partial charge in [-0.3, -0.25) is 0 Å². The van der Waals surface area contributed by atoms with E-state index in [1.807, 2.05) is 6.92 Å². The van der Waals surface area contributed by atoms with E-state index in [0.29, 0.717) is 6.61 Å². The summed E-state index contributed by atoms with van der Waals surface area (Å²) in [5.41, 5.74) is 7.57. The van der Waals surface area contributed by atoms with Gasteiger partial charge in [0.05, 0.1) is 12.1 Å². The number of hydrogen-bond acceptors (Lipinski definition) is 2. The summed E-state index contributed by atoms with van der Waals surface area (Å²) in [7, 11) is 0. The van der Waals surface area contributed by atoms with Crippen LogP contribution in [0.1, 0.15) is 44.4 Å². The van der Waals surface area contributed by atoms with E-state index in [2.05, 4.69) is 82.0 Å². The lowest BCUT2D eigenvalue weighted by molar-refractivity contribution is 0.340. The van der Waals surface area contributed by atoms with Crippen LogP contribution in [0.4, 0.5) is 11.4 Å². The van der Waals surface area contributed by atoms with E-state index in [1.165, 1.54) is 33.6 Å². The van der Waals surface area contributed by atoms with Gasteiger partial charge in [-0.1, -0.05) is 18.2 Å². The van der Waals surface area contributed by atoms with E-state index < -0.39 is 0 Å². The molecule has 2 heteroatoms. The highest BCUT2D eigenvalue weighted by molar-refractivity contribution is 5.86. The number of fused-ring (bicyclic) bond motifs is 1. The first-order valence-electron chi connectivity index (χ1n) is 8.67. The summed E-state index contributed by atoms with van der Waals surface area (Å²) in [6.45, 7) is 13.8. The van der Waals surface area contributed by atoms with E-state index >= 15 is 0 Å². The highest BCUT2D eigenvalue weighted by atomic mass is 16.5. The van der Waals surface area contributed by atoms with Crippen molar-refractivity contribution in [1.82, 2.24) is 0 Å². The van der Waals surface area contributed by atoms with Gasteiger partial charge in [-0.05, 0) is 82.5 Å². The van der Waals surface area contributed by atoms with Crippen molar-refractivity contribution >= 4 is 16.9 Å². The zero-order chi connectivity index (χ0) is 17.5. The largest absolute Gasteiger partial charge is 0.494 e. The van der Waals surface area contributed by atoms with Gasteiger partial charge in [0.15, 0.2) is 0 Å². The highest BCUT2D eigenvalue weighted by Crippen LogP contribution is 2.45. The second-order valence-electron chi connectivity index (χ2n) is 7.22. The zero-order valence-corrected chi connectivity index (χ0v) is 15.6. The summed E-state index contributed by atoms with van der Waals surface area (Å²) in [5, 5.41) is 0. The number of nitrogens with zero attached hydrogens (tertiary/aromatic N) is 1. The van der Waals surface area contributed by atoms with E-state index in [1.54, 1.807) is 0 Å². The van der Waals surface area contributed by atoms with Crippen LogP contribution in [-0.2, 0) is 0 Å². The standard InChI is InChI=1S/C22H27NO/c1-7-24-18-10-11-20-19(13-18)17(4)14-22(5,6)23(20)21-12-15(2)8-9-16(21)3/h8-14H,7H2,1-6H3. The van der Waals surface area contributed by atoms with Crippen molar-refractivity contribution in [1.29, 1.82) is 0 Å². The lowest BCUT2D eigenvalue weighted by Gasteiger charge is -2.44. The topological polar surface area (TPSA) is 12.5 Å². The van der Waals surface area contributed by atoms with E-state index in [4.69, 9.17) is 4.74 Å². The first kappa shape index (κ1) is 16.6. The molecule has 0 atom stereocenters. The first-order chi connectivity index (χ1) is 11.3. The molecule has 0 N–H and O–H groups in total. The van der Waals surface area contributed by atoms with Crippen molar-refractivity contribution in [2.45, 2.75) is 47.1 Å². The third kappa shape index (κ3) is 2.82. The molecule has 24 heavy (non-hydrogen) atoms. The maximum atomic E-state index is 5.71. The predicted molar refractivity (Wildman–Crippen MR) is 103 cm³/mol. The van der Waals surface area contributed by atoms with Gasteiger partial charge in [-0.15, -0.1) is 0 Å². The van der Waals surface area contributed by atoms with Crippen LogP contribution in [0.5, 0.6) is 5.75 Å². The Morgan fingerprint density at radius 3 is 2.42 bits per heavy atom. The molecule has 1 aliphatic rings. The van der Waals surface area contributed by atoms with Crippen LogP contribution < -0.4 is 9.64 Å². The van der Waals surface area contributed by atoms with Gasteiger partial charge in [0.25, 0.3) is 0 Å². The molecule has 0 fully saturated rings. The summed E-state index contributed by atoms with van der Waals surface area (Å²) >= 11 is 0. The van der Waals surface area contributed by atoms with Crippen LogP contribution in [0.15, 0.2) is 42.5 Å². The van der Waals surface area contributed by atoms with Gasteiger partial charge >= 0.3 is 0 Å². The van der Waals surface area contributed by atoms with Crippen LogP contribution in [0.25, 0.3) is 5.57 Å².